The van der Waals surface area contributed by atoms with E-state index in [1.807, 2.05) is 4.57 Å². The molecule has 0 aliphatic heterocycles. The summed E-state index contributed by atoms with van der Waals surface area (Å²) in [6, 6.07) is 5.05. The van der Waals surface area contributed by atoms with Crippen LogP contribution in [-0.2, 0) is 16.4 Å². The van der Waals surface area contributed by atoms with Crippen molar-refractivity contribution in [1.29, 1.82) is 5.41 Å². The molecule has 1 aromatic carbocycles. The van der Waals surface area contributed by atoms with Gasteiger partial charge in [-0.1, -0.05) is 18.3 Å². The zero-order valence-corrected chi connectivity index (χ0v) is 11.4. The smallest absolute Gasteiger partial charge is 0.182 e. The maximum Gasteiger partial charge on any atom is 0.182 e. The Labute approximate surface area is 104 Å². The standard InChI is InChI=1S/C11H14N2O2S2/c1-3-6-13-9-5-4-8(17(2,14)15)7-10(9)16-11(13)12/h4-5,7,12H,3,6H2,1-2H3. The molecular weight excluding hydrogens is 256 g/mol. The summed E-state index contributed by atoms with van der Waals surface area (Å²) in [4.78, 5) is 0.780. The van der Waals surface area contributed by atoms with E-state index >= 15 is 0 Å². The van der Waals surface area contributed by atoms with Crippen molar-refractivity contribution in [2.45, 2.75) is 24.8 Å². The number of hydrogen-bond acceptors (Lipinski definition) is 4. The van der Waals surface area contributed by atoms with Crippen LogP contribution in [0.5, 0.6) is 0 Å². The highest BCUT2D eigenvalue weighted by Gasteiger charge is 2.10. The Morgan fingerprint density at radius 1 is 1.41 bits per heavy atom. The lowest BCUT2D eigenvalue weighted by Gasteiger charge is -2.02. The summed E-state index contributed by atoms with van der Waals surface area (Å²) in [7, 11) is -3.17. The minimum absolute atomic E-state index is 0.315. The van der Waals surface area contributed by atoms with Crippen molar-refractivity contribution in [1.82, 2.24) is 4.57 Å². The molecule has 1 N–H and O–H groups in total. The number of nitrogens with one attached hydrogen (secondary N) is 1. The van der Waals surface area contributed by atoms with Crippen molar-refractivity contribution in [3.63, 3.8) is 0 Å². The number of hydrogen-bond donors (Lipinski definition) is 1. The zero-order valence-electron chi connectivity index (χ0n) is 9.73. The van der Waals surface area contributed by atoms with Crippen LogP contribution in [0, 0.1) is 5.41 Å². The van der Waals surface area contributed by atoms with Crippen LogP contribution < -0.4 is 4.80 Å². The minimum Gasteiger partial charge on any atom is -0.317 e. The summed E-state index contributed by atoms with van der Waals surface area (Å²) < 4.78 is 25.7. The van der Waals surface area contributed by atoms with Crippen LogP contribution >= 0.6 is 11.3 Å². The summed E-state index contributed by atoms with van der Waals surface area (Å²) in [5.74, 6) is 0. The van der Waals surface area contributed by atoms with E-state index in [2.05, 4.69) is 6.92 Å². The molecule has 0 unspecified atom stereocenters. The SMILES string of the molecule is CCCn1c(=N)sc2cc(S(C)(=O)=O)ccc21. The Bertz CT molecular complexity index is 711. The lowest BCUT2D eigenvalue weighted by atomic mass is 10.3. The Morgan fingerprint density at radius 3 is 2.71 bits per heavy atom. The number of aryl methyl sites for hydroxylation is 1. The number of rotatable bonds is 3. The first-order valence-corrected chi connectivity index (χ1v) is 8.02. The molecule has 0 saturated heterocycles. The van der Waals surface area contributed by atoms with Gasteiger partial charge in [0.05, 0.1) is 15.1 Å². The monoisotopic (exact) mass is 270 g/mol. The highest BCUT2D eigenvalue weighted by atomic mass is 32.2. The zero-order chi connectivity index (χ0) is 12.6. The van der Waals surface area contributed by atoms with Gasteiger partial charge in [-0.2, -0.15) is 0 Å². The van der Waals surface area contributed by atoms with Gasteiger partial charge in [0.2, 0.25) is 0 Å². The highest BCUT2D eigenvalue weighted by molar-refractivity contribution is 7.90. The van der Waals surface area contributed by atoms with Gasteiger partial charge in [0, 0.05) is 12.8 Å². The second-order valence-electron chi connectivity index (χ2n) is 3.96. The predicted octanol–water partition coefficient (Wildman–Crippen LogP) is 2.00. The van der Waals surface area contributed by atoms with E-state index in [9.17, 15) is 8.42 Å². The first kappa shape index (κ1) is 12.3. The van der Waals surface area contributed by atoms with Gasteiger partial charge in [-0.05, 0) is 24.6 Å². The van der Waals surface area contributed by atoms with Gasteiger partial charge in [-0.3, -0.25) is 5.41 Å². The third-order valence-corrected chi connectivity index (χ3v) is 4.62. The van der Waals surface area contributed by atoms with E-state index in [4.69, 9.17) is 5.41 Å². The second kappa shape index (κ2) is 4.27. The number of benzene rings is 1. The quantitative estimate of drug-likeness (QED) is 0.927. The van der Waals surface area contributed by atoms with Crippen molar-refractivity contribution in [3.8, 4) is 0 Å². The molecule has 0 aliphatic carbocycles. The van der Waals surface area contributed by atoms with Gasteiger partial charge in [0.15, 0.2) is 14.6 Å². The molecule has 0 saturated carbocycles. The maximum absolute atomic E-state index is 11.4. The van der Waals surface area contributed by atoms with Crippen LogP contribution in [0.4, 0.5) is 0 Å². The largest absolute Gasteiger partial charge is 0.317 e. The van der Waals surface area contributed by atoms with Crippen LogP contribution in [0.25, 0.3) is 10.2 Å². The van der Waals surface area contributed by atoms with E-state index in [1.165, 1.54) is 17.6 Å². The Hall–Kier alpha value is -1.14. The molecule has 6 heteroatoms. The van der Waals surface area contributed by atoms with Gasteiger partial charge in [-0.15, -0.1) is 0 Å². The van der Waals surface area contributed by atoms with Crippen LogP contribution in [0.2, 0.25) is 0 Å². The average Bonchev–Trinajstić information content (AvgIpc) is 2.54. The number of sulfone groups is 1. The third-order valence-electron chi connectivity index (χ3n) is 2.55. The van der Waals surface area contributed by atoms with Crippen molar-refractivity contribution in [2.75, 3.05) is 6.26 Å². The van der Waals surface area contributed by atoms with E-state index in [1.54, 1.807) is 18.2 Å². The molecular formula is C11H14N2O2S2. The summed E-state index contributed by atoms with van der Waals surface area (Å²) in [6.07, 6.45) is 2.15. The van der Waals surface area contributed by atoms with Crippen molar-refractivity contribution >= 4 is 31.4 Å². The fourth-order valence-electron chi connectivity index (χ4n) is 1.74. The molecule has 0 radical (unpaired) electrons. The molecule has 0 spiro atoms. The predicted molar refractivity (Wildman–Crippen MR) is 69.1 cm³/mol. The summed E-state index contributed by atoms with van der Waals surface area (Å²) in [5.41, 5.74) is 0.939. The first-order chi connectivity index (χ1) is 7.93. The lowest BCUT2D eigenvalue weighted by Crippen LogP contribution is -2.12. The Balaban J connectivity index is 2.70. The number of thiazole rings is 1. The molecule has 2 aromatic rings. The summed E-state index contributed by atoms with van der Waals surface area (Å²) in [5, 5.41) is 7.86. The van der Waals surface area contributed by atoms with Gasteiger partial charge >= 0.3 is 0 Å². The number of aromatic nitrogens is 1. The van der Waals surface area contributed by atoms with Gasteiger partial charge in [-0.25, -0.2) is 8.42 Å². The van der Waals surface area contributed by atoms with E-state index in [0.717, 1.165) is 23.2 Å². The molecule has 0 atom stereocenters. The van der Waals surface area contributed by atoms with Crippen molar-refractivity contribution < 1.29 is 8.42 Å². The molecule has 4 nitrogen and oxygen atoms in total. The number of nitrogens with zero attached hydrogens (tertiary/aromatic N) is 1. The Kier molecular flexibility index (Phi) is 3.09. The Morgan fingerprint density at radius 2 is 2.12 bits per heavy atom. The van der Waals surface area contributed by atoms with Gasteiger partial charge in [0.25, 0.3) is 0 Å². The number of fused-ring (bicyclic) bond motifs is 1. The molecule has 92 valence electrons. The molecule has 0 amide bonds. The lowest BCUT2D eigenvalue weighted by molar-refractivity contribution is 0.602. The van der Waals surface area contributed by atoms with Crippen molar-refractivity contribution in [2.24, 2.45) is 0 Å². The van der Waals surface area contributed by atoms with Crippen LogP contribution in [0.15, 0.2) is 23.1 Å². The van der Waals surface area contributed by atoms with Crippen LogP contribution in [-0.4, -0.2) is 19.2 Å². The minimum atomic E-state index is -3.17. The molecule has 1 aromatic heterocycles. The van der Waals surface area contributed by atoms with Gasteiger partial charge in [0.1, 0.15) is 0 Å². The normalized spacial score (nSPS) is 12.1. The van der Waals surface area contributed by atoms with Crippen LogP contribution in [0.1, 0.15) is 13.3 Å². The fourth-order valence-corrected chi connectivity index (χ4v) is 3.44. The molecule has 1 heterocycles. The fraction of sp³-hybridized carbons (Fsp3) is 0.364. The van der Waals surface area contributed by atoms with Crippen LogP contribution in [0.3, 0.4) is 0 Å². The van der Waals surface area contributed by atoms with E-state index in [-0.39, 0.29) is 0 Å². The molecule has 17 heavy (non-hydrogen) atoms. The molecule has 2 rings (SSSR count). The molecule has 0 fully saturated rings. The first-order valence-electron chi connectivity index (χ1n) is 5.31. The van der Waals surface area contributed by atoms with Crippen molar-refractivity contribution in [3.05, 3.63) is 23.0 Å². The topological polar surface area (TPSA) is 62.9 Å². The van der Waals surface area contributed by atoms with E-state index in [0.29, 0.717) is 9.70 Å². The molecule has 0 bridgehead atoms. The highest BCUT2D eigenvalue weighted by Crippen LogP contribution is 2.21. The summed E-state index contributed by atoms with van der Waals surface area (Å²) in [6.45, 7) is 2.85. The molecule has 0 aliphatic rings. The third kappa shape index (κ3) is 2.28. The maximum atomic E-state index is 11.4. The van der Waals surface area contributed by atoms with E-state index < -0.39 is 9.84 Å². The summed E-state index contributed by atoms with van der Waals surface area (Å²) >= 11 is 1.31. The van der Waals surface area contributed by atoms with Gasteiger partial charge < -0.3 is 4.57 Å². The second-order valence-corrected chi connectivity index (χ2v) is 7.01. The average molecular weight is 270 g/mol.